The van der Waals surface area contributed by atoms with E-state index in [0.29, 0.717) is 37.0 Å². The number of hydrogen-bond acceptors (Lipinski definition) is 5. The quantitative estimate of drug-likeness (QED) is 0.688. The van der Waals surface area contributed by atoms with Gasteiger partial charge in [-0.1, -0.05) is 12.1 Å². The highest BCUT2D eigenvalue weighted by Crippen LogP contribution is 2.45. The van der Waals surface area contributed by atoms with Gasteiger partial charge in [0.15, 0.2) is 11.5 Å². The minimum Gasteiger partial charge on any atom is -0.493 e. The fourth-order valence-corrected chi connectivity index (χ4v) is 3.78. The number of carbonyl (C=O) groups excluding carboxylic acids is 1. The topological polar surface area (TPSA) is 48.0 Å². The summed E-state index contributed by atoms with van der Waals surface area (Å²) in [5, 5.41) is -0.0285. The fraction of sp³-hybridized carbons (Fsp3) is 0.562. The number of amides is 1. The average molecular weight is 325 g/mol. The molecule has 0 bridgehead atoms. The van der Waals surface area contributed by atoms with Gasteiger partial charge in [-0.2, -0.15) is 0 Å². The normalized spacial score (nSPS) is 17.9. The molecule has 0 aliphatic carbocycles. The predicted octanol–water partition coefficient (Wildman–Crippen LogP) is 2.70. The highest BCUT2D eigenvalue weighted by molar-refractivity contribution is 8.00. The Labute approximate surface area is 135 Å². The lowest BCUT2D eigenvalue weighted by Gasteiger charge is -2.26. The molecule has 1 aliphatic heterocycles. The van der Waals surface area contributed by atoms with Gasteiger partial charge in [0.2, 0.25) is 5.91 Å². The van der Waals surface area contributed by atoms with E-state index in [0.717, 1.165) is 12.0 Å². The number of nitrogens with zero attached hydrogens (tertiary/aromatic N) is 1. The second-order valence-corrected chi connectivity index (χ2v) is 5.95. The third-order valence-corrected chi connectivity index (χ3v) is 4.80. The molecule has 0 spiro atoms. The molecule has 22 heavy (non-hydrogen) atoms. The van der Waals surface area contributed by atoms with E-state index in [1.54, 1.807) is 26.0 Å². The van der Waals surface area contributed by atoms with Crippen LogP contribution in [0.1, 0.15) is 24.3 Å². The molecule has 1 aliphatic rings. The second kappa shape index (κ2) is 8.29. The Bertz CT molecular complexity index is 509. The summed E-state index contributed by atoms with van der Waals surface area (Å²) in [7, 11) is 3.25. The second-order valence-electron chi connectivity index (χ2n) is 4.88. The van der Waals surface area contributed by atoms with Crippen molar-refractivity contribution in [3.05, 3.63) is 23.8 Å². The maximum Gasteiger partial charge on any atom is 0.233 e. The van der Waals surface area contributed by atoms with Gasteiger partial charge in [-0.25, -0.2) is 0 Å². The molecule has 0 N–H and O–H groups in total. The number of ether oxygens (including phenoxy) is 3. The average Bonchev–Trinajstić information content (AvgIpc) is 2.91. The smallest absolute Gasteiger partial charge is 0.233 e. The van der Waals surface area contributed by atoms with Crippen LogP contribution in [0, 0.1) is 0 Å². The number of hydrogen-bond donors (Lipinski definition) is 0. The van der Waals surface area contributed by atoms with Gasteiger partial charge in [0.05, 0.1) is 20.0 Å². The molecule has 0 radical (unpaired) electrons. The maximum absolute atomic E-state index is 12.2. The van der Waals surface area contributed by atoms with Gasteiger partial charge in [0.25, 0.3) is 0 Å². The standard InChI is InChI=1S/C16H23NO4S/c1-4-21-10-6-9-17-14(18)11-22-16(17)12-7-5-8-13(19-2)15(12)20-3/h5,7-8,16H,4,6,9-11H2,1-3H3. The summed E-state index contributed by atoms with van der Waals surface area (Å²) in [6, 6.07) is 5.79. The molecule has 1 fully saturated rings. The van der Waals surface area contributed by atoms with E-state index in [1.807, 2.05) is 30.0 Å². The number of carbonyl (C=O) groups is 1. The third-order valence-electron chi connectivity index (χ3n) is 3.56. The summed E-state index contributed by atoms with van der Waals surface area (Å²) in [5.41, 5.74) is 0.981. The van der Waals surface area contributed by atoms with Crippen molar-refractivity contribution in [3.8, 4) is 11.5 Å². The van der Waals surface area contributed by atoms with Crippen molar-refractivity contribution in [1.29, 1.82) is 0 Å². The van der Waals surface area contributed by atoms with Gasteiger partial charge in [0.1, 0.15) is 5.37 Å². The van der Waals surface area contributed by atoms with Crippen molar-refractivity contribution in [2.75, 3.05) is 39.7 Å². The minimum atomic E-state index is -0.0285. The summed E-state index contributed by atoms with van der Waals surface area (Å²) in [6.07, 6.45) is 0.836. The number of para-hydroxylation sites is 1. The molecule has 1 saturated heterocycles. The molecule has 1 unspecified atom stereocenters. The van der Waals surface area contributed by atoms with Crippen LogP contribution >= 0.6 is 11.8 Å². The first kappa shape index (κ1) is 17.0. The van der Waals surface area contributed by atoms with Gasteiger partial charge >= 0.3 is 0 Å². The van der Waals surface area contributed by atoms with Crippen LogP contribution in [0.15, 0.2) is 18.2 Å². The molecule has 1 heterocycles. The molecule has 6 heteroatoms. The Morgan fingerprint density at radius 3 is 2.82 bits per heavy atom. The van der Waals surface area contributed by atoms with Crippen molar-refractivity contribution < 1.29 is 19.0 Å². The van der Waals surface area contributed by atoms with Crippen molar-refractivity contribution in [3.63, 3.8) is 0 Å². The van der Waals surface area contributed by atoms with Crippen molar-refractivity contribution >= 4 is 17.7 Å². The van der Waals surface area contributed by atoms with E-state index < -0.39 is 0 Å². The zero-order valence-electron chi connectivity index (χ0n) is 13.3. The van der Waals surface area contributed by atoms with Crippen LogP contribution in [0.25, 0.3) is 0 Å². The Morgan fingerprint density at radius 1 is 1.32 bits per heavy atom. The van der Waals surface area contributed by atoms with Crippen LogP contribution in [0.3, 0.4) is 0 Å². The number of benzene rings is 1. The first-order valence-electron chi connectivity index (χ1n) is 7.42. The molecule has 5 nitrogen and oxygen atoms in total. The lowest BCUT2D eigenvalue weighted by atomic mass is 10.1. The van der Waals surface area contributed by atoms with E-state index in [-0.39, 0.29) is 11.3 Å². The van der Waals surface area contributed by atoms with Crippen LogP contribution in [-0.4, -0.2) is 50.5 Å². The lowest BCUT2D eigenvalue weighted by molar-refractivity contribution is -0.128. The van der Waals surface area contributed by atoms with Gasteiger partial charge in [-0.3, -0.25) is 4.79 Å². The zero-order chi connectivity index (χ0) is 15.9. The minimum absolute atomic E-state index is 0.0285. The van der Waals surface area contributed by atoms with Gasteiger partial charge < -0.3 is 19.1 Å². The van der Waals surface area contributed by atoms with E-state index in [1.165, 1.54) is 0 Å². The molecule has 1 atom stereocenters. The highest BCUT2D eigenvalue weighted by atomic mass is 32.2. The molecular formula is C16H23NO4S. The summed E-state index contributed by atoms with van der Waals surface area (Å²) in [6.45, 7) is 4.04. The maximum atomic E-state index is 12.2. The highest BCUT2D eigenvalue weighted by Gasteiger charge is 2.34. The summed E-state index contributed by atoms with van der Waals surface area (Å²) < 4.78 is 16.2. The Morgan fingerprint density at radius 2 is 2.14 bits per heavy atom. The van der Waals surface area contributed by atoms with Crippen molar-refractivity contribution in [1.82, 2.24) is 4.90 Å². The van der Waals surface area contributed by atoms with Gasteiger partial charge in [-0.05, 0) is 19.4 Å². The van der Waals surface area contributed by atoms with E-state index >= 15 is 0 Å². The first-order chi connectivity index (χ1) is 10.7. The molecule has 0 aromatic heterocycles. The van der Waals surface area contributed by atoms with Crippen LogP contribution in [-0.2, 0) is 9.53 Å². The predicted molar refractivity (Wildman–Crippen MR) is 87.6 cm³/mol. The number of rotatable bonds is 8. The monoisotopic (exact) mass is 325 g/mol. The fourth-order valence-electron chi connectivity index (χ4n) is 2.54. The van der Waals surface area contributed by atoms with Crippen LogP contribution < -0.4 is 9.47 Å². The molecule has 0 saturated carbocycles. The SMILES string of the molecule is CCOCCCN1C(=O)CSC1c1cccc(OC)c1OC. The number of thioether (sulfide) groups is 1. The van der Waals surface area contributed by atoms with Gasteiger partial charge in [0, 0.05) is 25.3 Å². The van der Waals surface area contributed by atoms with E-state index in [4.69, 9.17) is 14.2 Å². The largest absolute Gasteiger partial charge is 0.493 e. The van der Waals surface area contributed by atoms with Crippen LogP contribution in [0.4, 0.5) is 0 Å². The lowest BCUT2D eigenvalue weighted by Crippen LogP contribution is -2.30. The molecular weight excluding hydrogens is 302 g/mol. The summed E-state index contributed by atoms with van der Waals surface area (Å²) in [4.78, 5) is 14.1. The van der Waals surface area contributed by atoms with Crippen LogP contribution in [0.5, 0.6) is 11.5 Å². The first-order valence-corrected chi connectivity index (χ1v) is 8.47. The zero-order valence-corrected chi connectivity index (χ0v) is 14.1. The van der Waals surface area contributed by atoms with Crippen molar-refractivity contribution in [2.24, 2.45) is 0 Å². The third kappa shape index (κ3) is 3.67. The summed E-state index contributed by atoms with van der Waals surface area (Å²) >= 11 is 1.62. The molecule has 1 amide bonds. The van der Waals surface area contributed by atoms with E-state index in [2.05, 4.69) is 0 Å². The molecule has 1 aromatic carbocycles. The molecule has 1 aromatic rings. The summed E-state index contributed by atoms with van der Waals surface area (Å²) in [5.74, 6) is 2.05. The molecule has 2 rings (SSSR count). The Kier molecular flexibility index (Phi) is 6.39. The van der Waals surface area contributed by atoms with Crippen molar-refractivity contribution in [2.45, 2.75) is 18.7 Å². The number of methoxy groups -OCH3 is 2. The Hall–Kier alpha value is -1.40. The van der Waals surface area contributed by atoms with E-state index in [9.17, 15) is 4.79 Å². The Balaban J connectivity index is 2.17. The molecule has 122 valence electrons. The van der Waals surface area contributed by atoms with Gasteiger partial charge in [-0.15, -0.1) is 11.8 Å². The van der Waals surface area contributed by atoms with Crippen LogP contribution in [0.2, 0.25) is 0 Å².